The fourth-order valence-corrected chi connectivity index (χ4v) is 6.17. The molecule has 0 saturated carbocycles. The van der Waals surface area contributed by atoms with Gasteiger partial charge in [0.05, 0.1) is 12.1 Å². The fourth-order valence-electron chi connectivity index (χ4n) is 4.94. The molecule has 3 aromatic rings. The molecule has 1 saturated heterocycles. The predicted octanol–water partition coefficient (Wildman–Crippen LogP) is 5.35. The van der Waals surface area contributed by atoms with Gasteiger partial charge in [0, 0.05) is 67.0 Å². The van der Waals surface area contributed by atoms with Gasteiger partial charge in [-0.1, -0.05) is 13.0 Å². The molecule has 1 aromatic heterocycles. The number of pyridine rings is 1. The van der Waals surface area contributed by atoms with Gasteiger partial charge in [-0.15, -0.1) is 11.8 Å². The molecule has 6 nitrogen and oxygen atoms in total. The number of benzene rings is 2. The molecule has 1 unspecified atom stereocenters. The highest BCUT2D eigenvalue weighted by atomic mass is 32.2. The minimum absolute atomic E-state index is 0.312. The lowest BCUT2D eigenvalue weighted by Crippen LogP contribution is -2.47. The third-order valence-corrected chi connectivity index (χ3v) is 8.10. The lowest BCUT2D eigenvalue weighted by molar-refractivity contribution is -0.132. The quantitative estimate of drug-likeness (QED) is 0.311. The zero-order chi connectivity index (χ0) is 24.2. The number of unbranched alkanes of at least 4 members (excludes halogenated alkanes) is 1. The van der Waals surface area contributed by atoms with E-state index < -0.39 is 0 Å². The first kappa shape index (κ1) is 23.9. The molecule has 1 fully saturated rings. The monoisotopic (exact) mass is 491 g/mol. The molecule has 5 rings (SSSR count). The van der Waals surface area contributed by atoms with Crippen molar-refractivity contribution in [3.63, 3.8) is 0 Å². The van der Waals surface area contributed by atoms with Gasteiger partial charge in [0.1, 0.15) is 5.75 Å². The molecular formula is C28H33N3O3S. The number of hydrogen-bond acceptors (Lipinski definition) is 7. The summed E-state index contributed by atoms with van der Waals surface area (Å²) in [5, 5.41) is 0.987. The van der Waals surface area contributed by atoms with Gasteiger partial charge in [-0.05, 0) is 61.2 Å². The van der Waals surface area contributed by atoms with Gasteiger partial charge >= 0.3 is 5.97 Å². The van der Waals surface area contributed by atoms with Crippen molar-refractivity contribution in [1.82, 2.24) is 9.88 Å². The van der Waals surface area contributed by atoms with E-state index in [0.29, 0.717) is 18.4 Å². The number of anilines is 1. The van der Waals surface area contributed by atoms with Crippen LogP contribution in [-0.4, -0.2) is 60.9 Å². The first-order chi connectivity index (χ1) is 17.1. The van der Waals surface area contributed by atoms with E-state index in [0.717, 1.165) is 62.2 Å². The summed E-state index contributed by atoms with van der Waals surface area (Å²) in [6.07, 6.45) is 2.14. The van der Waals surface area contributed by atoms with Crippen molar-refractivity contribution in [1.29, 1.82) is 0 Å². The number of aromatic nitrogens is 1. The Hall–Kier alpha value is -2.77. The van der Waals surface area contributed by atoms with E-state index in [9.17, 15) is 4.79 Å². The Bertz CT molecular complexity index is 1190. The number of hydrogen-bond donors (Lipinski definition) is 0. The summed E-state index contributed by atoms with van der Waals surface area (Å²) in [7, 11) is 0. The van der Waals surface area contributed by atoms with Gasteiger partial charge in [-0.3, -0.25) is 9.69 Å². The van der Waals surface area contributed by atoms with Crippen molar-refractivity contribution < 1.29 is 14.3 Å². The second-order valence-corrected chi connectivity index (χ2v) is 10.4. The van der Waals surface area contributed by atoms with Crippen LogP contribution in [0.25, 0.3) is 10.9 Å². The van der Waals surface area contributed by atoms with Crippen LogP contribution in [0.2, 0.25) is 0 Å². The zero-order valence-corrected chi connectivity index (χ0v) is 21.4. The van der Waals surface area contributed by atoms with Crippen LogP contribution >= 0.6 is 11.8 Å². The number of rotatable bonds is 8. The maximum absolute atomic E-state index is 11.2. The number of carbonyl (C=O) groups excluding carboxylic acids is 1. The molecule has 184 valence electrons. The largest absolute Gasteiger partial charge is 0.494 e. The van der Waals surface area contributed by atoms with E-state index in [1.165, 1.54) is 23.3 Å². The van der Waals surface area contributed by atoms with Crippen molar-refractivity contribution >= 4 is 34.3 Å². The molecule has 0 amide bonds. The molecule has 0 spiro atoms. The Kier molecular flexibility index (Phi) is 7.44. The maximum atomic E-state index is 11.2. The number of carbonyl (C=O) groups is 1. The summed E-state index contributed by atoms with van der Waals surface area (Å²) in [6.45, 7) is 9.96. The van der Waals surface area contributed by atoms with Crippen molar-refractivity contribution in [2.75, 3.05) is 50.0 Å². The molecule has 2 aliphatic heterocycles. The first-order valence-corrected chi connectivity index (χ1v) is 13.5. The lowest BCUT2D eigenvalue weighted by Gasteiger charge is -2.37. The summed E-state index contributed by atoms with van der Waals surface area (Å²) < 4.78 is 11.1. The maximum Gasteiger partial charge on any atom is 0.309 e. The molecular weight excluding hydrogens is 458 g/mol. The van der Waals surface area contributed by atoms with E-state index in [1.54, 1.807) is 11.6 Å². The van der Waals surface area contributed by atoms with Crippen LogP contribution in [-0.2, 0) is 4.79 Å². The number of nitrogens with zero attached hydrogens (tertiary/aromatic N) is 3. The van der Waals surface area contributed by atoms with Crippen LogP contribution in [0.3, 0.4) is 0 Å². The Morgan fingerprint density at radius 2 is 1.91 bits per heavy atom. The highest BCUT2D eigenvalue weighted by Crippen LogP contribution is 2.44. The van der Waals surface area contributed by atoms with Crippen LogP contribution in [0.4, 0.5) is 5.69 Å². The molecule has 3 heterocycles. The molecule has 0 aliphatic carbocycles. The topological polar surface area (TPSA) is 54.9 Å². The van der Waals surface area contributed by atoms with E-state index in [-0.39, 0.29) is 5.97 Å². The van der Waals surface area contributed by atoms with Crippen LogP contribution in [0.5, 0.6) is 11.6 Å². The fraction of sp³-hybridized carbons (Fsp3) is 0.429. The standard InChI is InChI=1S/C28H33N3O3S/c1-20-19-35-26-7-5-6-25(28(20)26)31-15-13-30(14-16-31)12-3-4-17-33-23-10-8-22-9-11-27(34-21(2)32)29-24(22)18-23/h5-11,18,20H,3-4,12-17,19H2,1-2H3. The molecule has 2 aliphatic rings. The number of fused-ring (bicyclic) bond motifs is 2. The second kappa shape index (κ2) is 10.9. The average molecular weight is 492 g/mol. The SMILES string of the molecule is CC(=O)Oc1ccc2ccc(OCCCCN3CCN(c4cccc5c4C(C)CS5)CC3)cc2n1. The van der Waals surface area contributed by atoms with E-state index >= 15 is 0 Å². The molecule has 0 N–H and O–H groups in total. The normalized spacial score (nSPS) is 18.0. The predicted molar refractivity (Wildman–Crippen MR) is 142 cm³/mol. The first-order valence-electron chi connectivity index (χ1n) is 12.5. The minimum atomic E-state index is -0.372. The Morgan fingerprint density at radius 1 is 1.09 bits per heavy atom. The summed E-state index contributed by atoms with van der Waals surface area (Å²) in [5.74, 6) is 2.59. The Morgan fingerprint density at radius 3 is 2.74 bits per heavy atom. The molecule has 1 atom stereocenters. The van der Waals surface area contributed by atoms with Crippen molar-refractivity contribution in [2.24, 2.45) is 0 Å². The summed E-state index contributed by atoms with van der Waals surface area (Å²) in [6, 6.07) is 16.3. The average Bonchev–Trinajstić information content (AvgIpc) is 3.24. The summed E-state index contributed by atoms with van der Waals surface area (Å²) in [5.41, 5.74) is 3.78. The van der Waals surface area contributed by atoms with Gasteiger partial charge in [-0.2, -0.15) is 0 Å². The van der Waals surface area contributed by atoms with Crippen LogP contribution in [0.1, 0.15) is 38.2 Å². The minimum Gasteiger partial charge on any atom is -0.494 e. The number of esters is 1. The summed E-state index contributed by atoms with van der Waals surface area (Å²) >= 11 is 2.00. The van der Waals surface area contributed by atoms with Gasteiger partial charge in [0.2, 0.25) is 5.88 Å². The lowest BCUT2D eigenvalue weighted by atomic mass is 10.00. The number of thioether (sulfide) groups is 1. The highest BCUT2D eigenvalue weighted by molar-refractivity contribution is 7.99. The van der Waals surface area contributed by atoms with E-state index in [4.69, 9.17) is 9.47 Å². The highest BCUT2D eigenvalue weighted by Gasteiger charge is 2.26. The molecule has 0 bridgehead atoms. The zero-order valence-electron chi connectivity index (χ0n) is 20.5. The van der Waals surface area contributed by atoms with Gasteiger partial charge in [0.25, 0.3) is 0 Å². The summed E-state index contributed by atoms with van der Waals surface area (Å²) in [4.78, 5) is 22.2. The molecule has 0 radical (unpaired) electrons. The molecule has 2 aromatic carbocycles. The van der Waals surface area contributed by atoms with Crippen molar-refractivity contribution in [3.05, 3.63) is 54.1 Å². The van der Waals surface area contributed by atoms with Crippen molar-refractivity contribution in [2.45, 2.75) is 37.5 Å². The number of piperazine rings is 1. The van der Waals surface area contributed by atoms with E-state index in [2.05, 4.69) is 39.9 Å². The van der Waals surface area contributed by atoms with Crippen LogP contribution in [0.15, 0.2) is 53.4 Å². The second-order valence-electron chi connectivity index (χ2n) is 9.38. The smallest absolute Gasteiger partial charge is 0.309 e. The van der Waals surface area contributed by atoms with Crippen LogP contribution < -0.4 is 14.4 Å². The Labute approximate surface area is 211 Å². The van der Waals surface area contributed by atoms with Gasteiger partial charge in [-0.25, -0.2) is 4.98 Å². The third kappa shape index (κ3) is 5.73. The van der Waals surface area contributed by atoms with Gasteiger partial charge < -0.3 is 14.4 Å². The van der Waals surface area contributed by atoms with Crippen molar-refractivity contribution in [3.8, 4) is 11.6 Å². The van der Waals surface area contributed by atoms with Gasteiger partial charge in [0.15, 0.2) is 0 Å². The van der Waals surface area contributed by atoms with Crippen LogP contribution in [0, 0.1) is 0 Å². The Balaban J connectivity index is 1.05. The third-order valence-electron chi connectivity index (χ3n) is 6.76. The van der Waals surface area contributed by atoms with E-state index in [1.807, 2.05) is 36.0 Å². The molecule has 35 heavy (non-hydrogen) atoms. The number of ether oxygens (including phenoxy) is 2. The molecule has 7 heteroatoms.